The van der Waals surface area contributed by atoms with Crippen molar-refractivity contribution in [3.05, 3.63) is 95.5 Å². The average Bonchev–Trinajstić information content (AvgIpc) is 3.01. The smallest absolute Gasteiger partial charge is 0.337 e. The standard InChI is InChI=1S/C31H30Br2Cl2N4O7/c1-4-44-25-12-19(28-27(30(41)43-3)16(2)37-31(42)38-28)6-8-24(25)45-15-26(40)39-36-13-18-9-20(32)29(21(33)10-18)46-14-17-5-7-22(34)23(35)11-17/h5-13,26,28,39-40H,4,14-15H2,1-3H3,(H2,37,38,42)/b36-13-/t26-,28+/m0/s1. The van der Waals surface area contributed by atoms with Crippen LogP contribution in [-0.2, 0) is 16.1 Å². The van der Waals surface area contributed by atoms with E-state index < -0.39 is 24.3 Å². The number of ether oxygens (including phenoxy) is 4. The van der Waals surface area contributed by atoms with Crippen molar-refractivity contribution >= 4 is 73.3 Å². The molecule has 0 fully saturated rings. The molecule has 4 rings (SSSR count). The van der Waals surface area contributed by atoms with Crippen LogP contribution in [0.15, 0.2) is 73.8 Å². The van der Waals surface area contributed by atoms with Crippen molar-refractivity contribution in [2.75, 3.05) is 20.3 Å². The molecule has 0 aromatic heterocycles. The molecule has 0 unspecified atom stereocenters. The van der Waals surface area contributed by atoms with Crippen LogP contribution in [0, 0.1) is 0 Å². The van der Waals surface area contributed by atoms with E-state index in [1.165, 1.54) is 13.3 Å². The lowest BCUT2D eigenvalue weighted by atomic mass is 9.95. The number of aliphatic hydroxyl groups is 1. The predicted molar refractivity (Wildman–Crippen MR) is 182 cm³/mol. The Morgan fingerprint density at radius 2 is 1.80 bits per heavy atom. The quantitative estimate of drug-likeness (QED) is 0.0656. The number of halogens is 4. The van der Waals surface area contributed by atoms with Gasteiger partial charge in [0, 0.05) is 5.70 Å². The van der Waals surface area contributed by atoms with Gasteiger partial charge in [0.1, 0.15) is 19.0 Å². The summed E-state index contributed by atoms with van der Waals surface area (Å²) in [4.78, 5) is 24.6. The summed E-state index contributed by atoms with van der Waals surface area (Å²) in [7, 11) is 1.27. The van der Waals surface area contributed by atoms with Crippen LogP contribution in [-0.4, -0.2) is 49.9 Å². The molecule has 3 aromatic carbocycles. The van der Waals surface area contributed by atoms with Crippen LogP contribution in [0.5, 0.6) is 17.2 Å². The van der Waals surface area contributed by atoms with Crippen LogP contribution in [0.25, 0.3) is 0 Å². The highest BCUT2D eigenvalue weighted by Gasteiger charge is 2.32. The van der Waals surface area contributed by atoms with Crippen molar-refractivity contribution in [2.24, 2.45) is 5.10 Å². The maximum absolute atomic E-state index is 12.5. The zero-order valence-corrected chi connectivity index (χ0v) is 29.5. The lowest BCUT2D eigenvalue weighted by Crippen LogP contribution is -2.45. The number of rotatable bonds is 13. The molecule has 0 saturated heterocycles. The van der Waals surface area contributed by atoms with Crippen LogP contribution >= 0.6 is 55.1 Å². The SMILES string of the molecule is CCOc1cc([C@H]2NC(=O)NC(C)=C2C(=O)OC)ccc1OC[C@H](O)N/N=C\c1cc(Br)c(OCc2ccc(Cl)c(Cl)c2)c(Br)c1. The Morgan fingerprint density at radius 3 is 2.48 bits per heavy atom. The summed E-state index contributed by atoms with van der Waals surface area (Å²) in [6, 6.07) is 12.7. The molecule has 0 bridgehead atoms. The number of urea groups is 1. The Hall–Kier alpha value is -3.49. The second kappa shape index (κ2) is 16.4. The largest absolute Gasteiger partial charge is 0.490 e. The molecule has 15 heteroatoms. The van der Waals surface area contributed by atoms with Gasteiger partial charge in [0.2, 0.25) is 0 Å². The molecule has 3 aromatic rings. The monoisotopic (exact) mass is 798 g/mol. The van der Waals surface area contributed by atoms with Gasteiger partial charge in [-0.25, -0.2) is 9.59 Å². The molecule has 244 valence electrons. The molecule has 1 aliphatic heterocycles. The number of hydrazone groups is 1. The van der Waals surface area contributed by atoms with E-state index in [0.717, 1.165) is 11.1 Å². The van der Waals surface area contributed by atoms with E-state index in [0.29, 0.717) is 54.1 Å². The van der Waals surface area contributed by atoms with E-state index in [1.54, 1.807) is 37.3 Å². The summed E-state index contributed by atoms with van der Waals surface area (Å²) in [6.45, 7) is 3.87. The number of hydrogen-bond acceptors (Lipinski definition) is 9. The summed E-state index contributed by atoms with van der Waals surface area (Å²) >= 11 is 19.1. The second-order valence-corrected chi connectivity index (χ2v) is 12.3. The number of esters is 1. The van der Waals surface area contributed by atoms with Crippen LogP contribution in [0.4, 0.5) is 4.79 Å². The number of nitrogens with one attached hydrogen (secondary N) is 3. The van der Waals surface area contributed by atoms with E-state index in [2.05, 4.69) is 53.0 Å². The van der Waals surface area contributed by atoms with Crippen molar-refractivity contribution in [3.63, 3.8) is 0 Å². The van der Waals surface area contributed by atoms with Crippen molar-refractivity contribution in [1.82, 2.24) is 16.1 Å². The summed E-state index contributed by atoms with van der Waals surface area (Å²) in [5, 5.41) is 20.8. The van der Waals surface area contributed by atoms with Gasteiger partial charge < -0.3 is 34.7 Å². The molecular formula is C31H30Br2Cl2N4O7. The third-order valence-electron chi connectivity index (χ3n) is 6.50. The number of methoxy groups -OCH3 is 1. The van der Waals surface area contributed by atoms with Gasteiger partial charge in [0.15, 0.2) is 17.7 Å². The van der Waals surface area contributed by atoms with Gasteiger partial charge in [0.25, 0.3) is 0 Å². The van der Waals surface area contributed by atoms with Gasteiger partial charge in [-0.1, -0.05) is 35.3 Å². The number of aliphatic hydroxyl groups excluding tert-OH is 1. The Morgan fingerprint density at radius 1 is 1.07 bits per heavy atom. The van der Waals surface area contributed by atoms with Crippen molar-refractivity contribution in [3.8, 4) is 17.2 Å². The predicted octanol–water partition coefficient (Wildman–Crippen LogP) is 6.62. The fourth-order valence-corrected chi connectivity index (χ4v) is 6.17. The zero-order valence-electron chi connectivity index (χ0n) is 24.8. The minimum absolute atomic E-state index is 0.165. The molecule has 1 heterocycles. The van der Waals surface area contributed by atoms with E-state index in [-0.39, 0.29) is 18.8 Å². The van der Waals surface area contributed by atoms with E-state index in [4.69, 9.17) is 42.1 Å². The van der Waals surface area contributed by atoms with Crippen LogP contribution < -0.4 is 30.3 Å². The third-order valence-corrected chi connectivity index (χ3v) is 8.41. The van der Waals surface area contributed by atoms with Crippen LogP contribution in [0.2, 0.25) is 10.0 Å². The molecule has 0 spiro atoms. The highest BCUT2D eigenvalue weighted by Crippen LogP contribution is 2.36. The normalized spacial score (nSPS) is 15.2. The van der Waals surface area contributed by atoms with Crippen molar-refractivity contribution < 1.29 is 33.6 Å². The van der Waals surface area contributed by atoms with Gasteiger partial charge in [-0.2, -0.15) is 5.10 Å². The highest BCUT2D eigenvalue weighted by atomic mass is 79.9. The fraction of sp³-hybridized carbons (Fsp3) is 0.258. The number of benzene rings is 3. The number of nitrogens with zero attached hydrogens (tertiary/aromatic N) is 1. The lowest BCUT2D eigenvalue weighted by Gasteiger charge is -2.28. The molecule has 0 saturated carbocycles. The number of allylic oxidation sites excluding steroid dienone is 1. The van der Waals surface area contributed by atoms with Gasteiger partial charge in [-0.05, 0) is 98.8 Å². The summed E-state index contributed by atoms with van der Waals surface area (Å²) in [5.74, 6) is 0.727. The minimum atomic E-state index is -1.16. The zero-order chi connectivity index (χ0) is 33.4. The van der Waals surface area contributed by atoms with Crippen LogP contribution in [0.3, 0.4) is 0 Å². The number of carbonyl (C=O) groups excluding carboxylic acids is 2. The topological polar surface area (TPSA) is 140 Å². The molecule has 0 aliphatic carbocycles. The molecule has 46 heavy (non-hydrogen) atoms. The number of carbonyl (C=O) groups is 2. The van der Waals surface area contributed by atoms with Gasteiger partial charge in [0.05, 0.1) is 50.5 Å². The average molecular weight is 801 g/mol. The first kappa shape index (κ1) is 35.4. The van der Waals surface area contributed by atoms with Gasteiger partial charge in [-0.3, -0.25) is 5.43 Å². The number of hydrogen-bond donors (Lipinski definition) is 4. The Bertz CT molecular complexity index is 1650. The molecular weight excluding hydrogens is 771 g/mol. The van der Waals surface area contributed by atoms with Crippen molar-refractivity contribution in [2.45, 2.75) is 32.7 Å². The first-order valence-electron chi connectivity index (χ1n) is 13.8. The minimum Gasteiger partial charge on any atom is -0.490 e. The maximum Gasteiger partial charge on any atom is 0.337 e. The number of amides is 2. The third kappa shape index (κ3) is 9.07. The summed E-state index contributed by atoms with van der Waals surface area (Å²) < 4.78 is 23.8. The van der Waals surface area contributed by atoms with E-state index in [1.807, 2.05) is 25.1 Å². The lowest BCUT2D eigenvalue weighted by molar-refractivity contribution is -0.136. The van der Waals surface area contributed by atoms with Crippen molar-refractivity contribution in [1.29, 1.82) is 0 Å². The molecule has 0 radical (unpaired) electrons. The molecule has 4 N–H and O–H groups in total. The van der Waals surface area contributed by atoms with E-state index >= 15 is 0 Å². The second-order valence-electron chi connectivity index (χ2n) is 9.77. The van der Waals surface area contributed by atoms with Gasteiger partial charge in [-0.15, -0.1) is 0 Å². The molecule has 2 amide bonds. The highest BCUT2D eigenvalue weighted by molar-refractivity contribution is 9.11. The Labute approximate surface area is 292 Å². The summed E-state index contributed by atoms with van der Waals surface area (Å²) in [5.41, 5.74) is 5.43. The Kier molecular flexibility index (Phi) is 12.6. The first-order valence-corrected chi connectivity index (χ1v) is 16.1. The molecule has 1 aliphatic rings. The summed E-state index contributed by atoms with van der Waals surface area (Å²) in [6.07, 6.45) is 0.371. The molecule has 11 nitrogen and oxygen atoms in total. The maximum atomic E-state index is 12.5. The molecule has 2 atom stereocenters. The first-order chi connectivity index (χ1) is 22.0. The van der Waals surface area contributed by atoms with E-state index in [9.17, 15) is 14.7 Å². The Balaban J connectivity index is 1.37. The fourth-order valence-electron chi connectivity index (χ4n) is 4.40. The van der Waals surface area contributed by atoms with Crippen LogP contribution in [0.1, 0.15) is 36.6 Å². The van der Waals surface area contributed by atoms with Gasteiger partial charge >= 0.3 is 12.0 Å².